The van der Waals surface area contributed by atoms with E-state index >= 15 is 0 Å². The van der Waals surface area contributed by atoms with Crippen molar-refractivity contribution in [2.24, 2.45) is 4.99 Å². The Morgan fingerprint density at radius 3 is 2.91 bits per heavy atom. The minimum absolute atomic E-state index is 0.240. The molecule has 1 atom stereocenters. The van der Waals surface area contributed by atoms with Crippen LogP contribution in [0.2, 0.25) is 0 Å². The fraction of sp³-hybridized carbons (Fsp3) is 0.611. The van der Waals surface area contributed by atoms with Crippen LogP contribution in [0, 0.1) is 6.92 Å². The second-order valence-corrected chi connectivity index (χ2v) is 8.46. The zero-order valence-electron chi connectivity index (χ0n) is 14.7. The summed E-state index contributed by atoms with van der Waals surface area (Å²) in [7, 11) is 0. The summed E-state index contributed by atoms with van der Waals surface area (Å²) in [6.07, 6.45) is -0.560. The SMILES string of the molecule is CCNC(=NCC(O)c1cccc(C)c1)N1CCSC(C)(C)C1. The molecule has 0 spiro atoms. The van der Waals surface area contributed by atoms with E-state index in [1.165, 1.54) is 0 Å². The molecule has 1 aliphatic rings. The lowest BCUT2D eigenvalue weighted by molar-refractivity contribution is 0.186. The van der Waals surface area contributed by atoms with Crippen molar-refractivity contribution in [1.29, 1.82) is 0 Å². The average molecular weight is 336 g/mol. The molecule has 2 N–H and O–H groups in total. The van der Waals surface area contributed by atoms with E-state index in [9.17, 15) is 5.11 Å². The molecule has 1 saturated heterocycles. The molecule has 0 aromatic heterocycles. The molecule has 4 nitrogen and oxygen atoms in total. The maximum absolute atomic E-state index is 10.4. The number of guanidine groups is 1. The Kier molecular flexibility index (Phi) is 6.36. The summed E-state index contributed by atoms with van der Waals surface area (Å²) < 4.78 is 0.240. The summed E-state index contributed by atoms with van der Waals surface area (Å²) in [5, 5.41) is 13.8. The fourth-order valence-corrected chi connectivity index (χ4v) is 3.89. The van der Waals surface area contributed by atoms with Crippen LogP contribution in [-0.2, 0) is 0 Å². The predicted octanol–water partition coefficient (Wildman–Crippen LogP) is 2.82. The molecule has 23 heavy (non-hydrogen) atoms. The summed E-state index contributed by atoms with van der Waals surface area (Å²) in [6.45, 7) is 11.9. The number of aliphatic hydroxyl groups is 1. The number of hydrogen-bond donors (Lipinski definition) is 2. The van der Waals surface area contributed by atoms with Gasteiger partial charge in [-0.3, -0.25) is 4.99 Å². The van der Waals surface area contributed by atoms with Gasteiger partial charge in [-0.2, -0.15) is 11.8 Å². The van der Waals surface area contributed by atoms with Gasteiger partial charge >= 0.3 is 0 Å². The molecule has 1 heterocycles. The van der Waals surface area contributed by atoms with Crippen LogP contribution in [0.3, 0.4) is 0 Å². The molecule has 0 saturated carbocycles. The van der Waals surface area contributed by atoms with Crippen LogP contribution in [0.15, 0.2) is 29.3 Å². The van der Waals surface area contributed by atoms with Gasteiger partial charge in [-0.1, -0.05) is 29.8 Å². The van der Waals surface area contributed by atoms with Crippen molar-refractivity contribution in [1.82, 2.24) is 10.2 Å². The van der Waals surface area contributed by atoms with Crippen LogP contribution in [0.1, 0.15) is 38.0 Å². The molecule has 1 aromatic rings. The van der Waals surface area contributed by atoms with E-state index in [0.717, 1.165) is 42.5 Å². The van der Waals surface area contributed by atoms with E-state index in [4.69, 9.17) is 0 Å². The molecular weight excluding hydrogens is 306 g/mol. The number of thioether (sulfide) groups is 1. The Balaban J connectivity index is 2.06. The number of aryl methyl sites for hydroxylation is 1. The molecule has 1 fully saturated rings. The Labute approximate surface area is 144 Å². The highest BCUT2D eigenvalue weighted by atomic mass is 32.2. The summed E-state index contributed by atoms with van der Waals surface area (Å²) >= 11 is 2.01. The van der Waals surface area contributed by atoms with Gasteiger partial charge in [0.2, 0.25) is 0 Å². The van der Waals surface area contributed by atoms with E-state index in [0.29, 0.717) is 6.54 Å². The van der Waals surface area contributed by atoms with Crippen molar-refractivity contribution in [2.75, 3.05) is 31.9 Å². The third kappa shape index (κ3) is 5.43. The van der Waals surface area contributed by atoms with Gasteiger partial charge in [0.05, 0.1) is 12.6 Å². The van der Waals surface area contributed by atoms with Crippen molar-refractivity contribution < 1.29 is 5.11 Å². The van der Waals surface area contributed by atoms with Crippen molar-refractivity contribution in [3.05, 3.63) is 35.4 Å². The van der Waals surface area contributed by atoms with Gasteiger partial charge < -0.3 is 15.3 Å². The van der Waals surface area contributed by atoms with Gasteiger partial charge in [-0.05, 0) is 33.3 Å². The highest BCUT2D eigenvalue weighted by Gasteiger charge is 2.28. The minimum atomic E-state index is -0.560. The van der Waals surface area contributed by atoms with Gasteiger partial charge in [0.15, 0.2) is 5.96 Å². The Morgan fingerprint density at radius 2 is 2.26 bits per heavy atom. The summed E-state index contributed by atoms with van der Waals surface area (Å²) in [5.41, 5.74) is 2.09. The van der Waals surface area contributed by atoms with E-state index in [2.05, 4.69) is 36.0 Å². The van der Waals surface area contributed by atoms with Crippen LogP contribution in [-0.4, -0.2) is 52.6 Å². The highest BCUT2D eigenvalue weighted by Crippen LogP contribution is 2.29. The normalized spacial score (nSPS) is 19.5. The van der Waals surface area contributed by atoms with Crippen molar-refractivity contribution in [3.8, 4) is 0 Å². The van der Waals surface area contributed by atoms with E-state index in [1.807, 2.05) is 43.0 Å². The lowest BCUT2D eigenvalue weighted by Crippen LogP contribution is -2.51. The first kappa shape index (κ1) is 18.1. The molecule has 0 bridgehead atoms. The van der Waals surface area contributed by atoms with E-state index < -0.39 is 6.10 Å². The zero-order chi connectivity index (χ0) is 16.9. The smallest absolute Gasteiger partial charge is 0.194 e. The summed E-state index contributed by atoms with van der Waals surface area (Å²) in [5.74, 6) is 2.02. The third-order valence-corrected chi connectivity index (χ3v) is 5.20. The van der Waals surface area contributed by atoms with Gasteiger partial charge in [0, 0.05) is 30.1 Å². The van der Waals surface area contributed by atoms with Crippen molar-refractivity contribution in [3.63, 3.8) is 0 Å². The fourth-order valence-electron chi connectivity index (χ4n) is 2.78. The molecule has 0 aliphatic carbocycles. The second-order valence-electron chi connectivity index (χ2n) is 6.65. The van der Waals surface area contributed by atoms with Crippen molar-refractivity contribution in [2.45, 2.75) is 38.5 Å². The summed E-state index contributed by atoms with van der Waals surface area (Å²) in [4.78, 5) is 6.99. The Morgan fingerprint density at radius 1 is 1.48 bits per heavy atom. The Bertz CT molecular complexity index is 545. The molecule has 1 aliphatic heterocycles. The van der Waals surface area contributed by atoms with Crippen LogP contribution in [0.4, 0.5) is 0 Å². The van der Waals surface area contributed by atoms with E-state index in [1.54, 1.807) is 0 Å². The first-order valence-corrected chi connectivity index (χ1v) is 9.31. The molecule has 1 unspecified atom stereocenters. The Hall–Kier alpha value is -1.20. The topological polar surface area (TPSA) is 47.9 Å². The number of hydrogen-bond acceptors (Lipinski definition) is 3. The molecule has 0 amide bonds. The number of aliphatic hydroxyl groups excluding tert-OH is 1. The lowest BCUT2D eigenvalue weighted by atomic mass is 10.1. The third-order valence-electron chi connectivity index (χ3n) is 3.90. The number of nitrogens with one attached hydrogen (secondary N) is 1. The molecule has 1 aromatic carbocycles. The van der Waals surface area contributed by atoms with Crippen LogP contribution in [0.5, 0.6) is 0 Å². The zero-order valence-corrected chi connectivity index (χ0v) is 15.5. The standard InChI is InChI=1S/C18H29N3OS/c1-5-19-17(21-9-10-23-18(3,4)13-21)20-12-16(22)15-8-6-7-14(2)11-15/h6-8,11,16,22H,5,9-10,12-13H2,1-4H3,(H,19,20). The first-order chi connectivity index (χ1) is 10.9. The van der Waals surface area contributed by atoms with Crippen LogP contribution >= 0.6 is 11.8 Å². The maximum Gasteiger partial charge on any atom is 0.194 e. The average Bonchev–Trinajstić information content (AvgIpc) is 2.50. The number of nitrogens with zero attached hydrogens (tertiary/aromatic N) is 2. The highest BCUT2D eigenvalue weighted by molar-refractivity contribution is 8.00. The molecular formula is C18H29N3OS. The van der Waals surface area contributed by atoms with Gasteiger partial charge in [-0.25, -0.2) is 0 Å². The van der Waals surface area contributed by atoms with Gasteiger partial charge in [-0.15, -0.1) is 0 Å². The van der Waals surface area contributed by atoms with Crippen LogP contribution < -0.4 is 5.32 Å². The van der Waals surface area contributed by atoms with Gasteiger partial charge in [0.1, 0.15) is 0 Å². The van der Waals surface area contributed by atoms with Gasteiger partial charge in [0.25, 0.3) is 0 Å². The minimum Gasteiger partial charge on any atom is -0.386 e. The number of aliphatic imine (C=N–C) groups is 1. The quantitative estimate of drug-likeness (QED) is 0.656. The lowest BCUT2D eigenvalue weighted by Gasteiger charge is -2.39. The predicted molar refractivity (Wildman–Crippen MR) is 100 cm³/mol. The monoisotopic (exact) mass is 335 g/mol. The number of rotatable bonds is 4. The number of benzene rings is 1. The van der Waals surface area contributed by atoms with E-state index in [-0.39, 0.29) is 4.75 Å². The first-order valence-electron chi connectivity index (χ1n) is 8.33. The van der Waals surface area contributed by atoms with Crippen LogP contribution in [0.25, 0.3) is 0 Å². The molecule has 5 heteroatoms. The summed E-state index contributed by atoms with van der Waals surface area (Å²) in [6, 6.07) is 8.00. The largest absolute Gasteiger partial charge is 0.386 e. The molecule has 2 rings (SSSR count). The molecule has 0 radical (unpaired) electrons. The second kappa shape index (κ2) is 8.06. The van der Waals surface area contributed by atoms with Crippen molar-refractivity contribution >= 4 is 17.7 Å². The molecule has 128 valence electrons. The maximum atomic E-state index is 10.4.